The van der Waals surface area contributed by atoms with Gasteiger partial charge < -0.3 is 9.47 Å². The maximum Gasteiger partial charge on any atom is 0.310 e. The number of methoxy groups -OCH3 is 1. The van der Waals surface area contributed by atoms with Gasteiger partial charge in [-0.15, -0.1) is 0 Å². The normalized spacial score (nSPS) is 10.6. The lowest BCUT2D eigenvalue weighted by molar-refractivity contribution is -0.142. The predicted octanol–water partition coefficient (Wildman–Crippen LogP) is 2.44. The van der Waals surface area contributed by atoms with Crippen LogP contribution in [0, 0.1) is 6.92 Å². The molecule has 0 unspecified atom stereocenters. The van der Waals surface area contributed by atoms with Crippen LogP contribution in [0.4, 0.5) is 8.78 Å². The Labute approximate surface area is 104 Å². The van der Waals surface area contributed by atoms with Gasteiger partial charge in [0.15, 0.2) is 0 Å². The zero-order valence-electron chi connectivity index (χ0n) is 10.5. The number of ether oxygens (including phenoxy) is 2. The third-order valence-electron chi connectivity index (χ3n) is 2.40. The van der Waals surface area contributed by atoms with Gasteiger partial charge >= 0.3 is 5.97 Å². The molecule has 0 saturated carbocycles. The van der Waals surface area contributed by atoms with Crippen molar-refractivity contribution in [3.63, 3.8) is 0 Å². The second-order valence-corrected chi connectivity index (χ2v) is 3.60. The second kappa shape index (κ2) is 6.28. The molecular formula is C12H15F2NO3. The summed E-state index contributed by atoms with van der Waals surface area (Å²) in [6.07, 6.45) is -1.48. The minimum Gasteiger partial charge on any atom is -0.496 e. The number of rotatable bonds is 5. The average molecular weight is 259 g/mol. The van der Waals surface area contributed by atoms with Crippen LogP contribution in [0.2, 0.25) is 0 Å². The molecule has 1 rings (SSSR count). The molecule has 1 aromatic heterocycles. The molecule has 0 bridgehead atoms. The fourth-order valence-electron chi connectivity index (χ4n) is 1.63. The van der Waals surface area contributed by atoms with Crippen molar-refractivity contribution >= 4 is 5.97 Å². The van der Waals surface area contributed by atoms with Crippen LogP contribution in [0.1, 0.15) is 30.2 Å². The van der Waals surface area contributed by atoms with Gasteiger partial charge in [-0.2, -0.15) is 0 Å². The molecule has 6 heteroatoms. The van der Waals surface area contributed by atoms with Crippen molar-refractivity contribution in [2.45, 2.75) is 26.7 Å². The third kappa shape index (κ3) is 3.15. The molecule has 0 aromatic carbocycles. The van der Waals surface area contributed by atoms with Crippen LogP contribution in [0.15, 0.2) is 6.20 Å². The molecular weight excluding hydrogens is 244 g/mol. The number of carbonyl (C=O) groups is 1. The van der Waals surface area contributed by atoms with E-state index in [1.54, 1.807) is 6.92 Å². The molecule has 0 radical (unpaired) electrons. The topological polar surface area (TPSA) is 48.4 Å². The monoisotopic (exact) mass is 259 g/mol. The number of alkyl halides is 2. The molecule has 4 nitrogen and oxygen atoms in total. The summed E-state index contributed by atoms with van der Waals surface area (Å²) in [6.45, 7) is 3.38. The first-order valence-corrected chi connectivity index (χ1v) is 5.47. The van der Waals surface area contributed by atoms with Crippen molar-refractivity contribution in [3.8, 4) is 5.75 Å². The Hall–Kier alpha value is -1.72. The second-order valence-electron chi connectivity index (χ2n) is 3.60. The van der Waals surface area contributed by atoms with Crippen LogP contribution in [-0.2, 0) is 16.0 Å². The van der Waals surface area contributed by atoms with E-state index in [-0.39, 0.29) is 30.0 Å². The lowest BCUT2D eigenvalue weighted by Gasteiger charge is -2.14. The number of esters is 1. The third-order valence-corrected chi connectivity index (χ3v) is 2.40. The number of aromatic nitrogens is 1. The summed E-state index contributed by atoms with van der Waals surface area (Å²) >= 11 is 0. The molecule has 0 spiro atoms. The van der Waals surface area contributed by atoms with Crippen molar-refractivity contribution in [2.75, 3.05) is 13.7 Å². The molecule has 0 N–H and O–H groups in total. The summed E-state index contributed by atoms with van der Waals surface area (Å²) in [5, 5.41) is 0. The van der Waals surface area contributed by atoms with E-state index in [9.17, 15) is 13.6 Å². The smallest absolute Gasteiger partial charge is 0.310 e. The summed E-state index contributed by atoms with van der Waals surface area (Å²) in [5.74, 6) is -0.493. The first kappa shape index (κ1) is 14.3. The molecule has 0 amide bonds. The Morgan fingerprint density at radius 2 is 2.17 bits per heavy atom. The first-order valence-electron chi connectivity index (χ1n) is 5.47. The van der Waals surface area contributed by atoms with Crippen molar-refractivity contribution in [1.29, 1.82) is 0 Å². The molecule has 100 valence electrons. The highest BCUT2D eigenvalue weighted by molar-refractivity contribution is 5.73. The van der Waals surface area contributed by atoms with E-state index in [0.717, 1.165) is 0 Å². The van der Waals surface area contributed by atoms with E-state index >= 15 is 0 Å². The van der Waals surface area contributed by atoms with Gasteiger partial charge in [-0.05, 0) is 13.8 Å². The molecule has 1 aromatic rings. The molecule has 0 fully saturated rings. The van der Waals surface area contributed by atoms with Crippen LogP contribution in [0.5, 0.6) is 5.75 Å². The van der Waals surface area contributed by atoms with E-state index in [4.69, 9.17) is 9.47 Å². The number of hydrogen-bond acceptors (Lipinski definition) is 4. The summed E-state index contributed by atoms with van der Waals surface area (Å²) in [4.78, 5) is 15.2. The summed E-state index contributed by atoms with van der Waals surface area (Å²) in [5.41, 5.74) is 0.214. The van der Waals surface area contributed by atoms with Gasteiger partial charge in [0.1, 0.15) is 5.75 Å². The number of nitrogens with zero attached hydrogens (tertiary/aromatic N) is 1. The van der Waals surface area contributed by atoms with Crippen molar-refractivity contribution in [3.05, 3.63) is 23.0 Å². The quantitative estimate of drug-likeness (QED) is 0.762. The highest BCUT2D eigenvalue weighted by atomic mass is 19.3. The number of carbonyl (C=O) groups excluding carboxylic acids is 1. The lowest BCUT2D eigenvalue weighted by Crippen LogP contribution is -2.11. The Kier molecular flexibility index (Phi) is 5.00. The number of aryl methyl sites for hydroxylation is 1. The maximum atomic E-state index is 12.9. The molecule has 0 atom stereocenters. The van der Waals surface area contributed by atoms with E-state index in [1.165, 1.54) is 20.2 Å². The fraction of sp³-hybridized carbons (Fsp3) is 0.500. The van der Waals surface area contributed by atoms with Gasteiger partial charge in [0.2, 0.25) is 0 Å². The first-order chi connectivity index (χ1) is 8.51. The Balaban J connectivity index is 3.13. The van der Waals surface area contributed by atoms with Gasteiger partial charge in [-0.1, -0.05) is 0 Å². The van der Waals surface area contributed by atoms with E-state index in [2.05, 4.69) is 4.98 Å². The van der Waals surface area contributed by atoms with Crippen LogP contribution in [0.25, 0.3) is 0 Å². The van der Waals surface area contributed by atoms with Gasteiger partial charge in [0.05, 0.1) is 25.7 Å². The van der Waals surface area contributed by atoms with E-state index in [1.807, 2.05) is 0 Å². The predicted molar refractivity (Wildman–Crippen MR) is 60.8 cm³/mol. The Morgan fingerprint density at radius 3 is 2.67 bits per heavy atom. The molecule has 18 heavy (non-hydrogen) atoms. The minimum absolute atomic E-state index is 0.00514. The molecule has 0 aliphatic heterocycles. The van der Waals surface area contributed by atoms with Crippen LogP contribution >= 0.6 is 0 Å². The summed E-state index contributed by atoms with van der Waals surface area (Å²) in [7, 11) is 1.29. The molecule has 0 saturated heterocycles. The van der Waals surface area contributed by atoms with Gasteiger partial charge in [0.25, 0.3) is 6.43 Å². The minimum atomic E-state index is -2.70. The van der Waals surface area contributed by atoms with Crippen molar-refractivity contribution in [2.24, 2.45) is 0 Å². The summed E-state index contributed by atoms with van der Waals surface area (Å²) in [6, 6.07) is 0. The maximum absolute atomic E-state index is 12.9. The van der Waals surface area contributed by atoms with Crippen LogP contribution in [0.3, 0.4) is 0 Å². The van der Waals surface area contributed by atoms with Crippen LogP contribution in [-0.4, -0.2) is 24.7 Å². The molecule has 0 aliphatic rings. The van der Waals surface area contributed by atoms with Gasteiger partial charge in [0, 0.05) is 17.5 Å². The number of hydrogen-bond donors (Lipinski definition) is 0. The van der Waals surface area contributed by atoms with Crippen molar-refractivity contribution < 1.29 is 23.0 Å². The zero-order valence-corrected chi connectivity index (χ0v) is 10.5. The Morgan fingerprint density at radius 1 is 1.50 bits per heavy atom. The zero-order chi connectivity index (χ0) is 13.7. The number of pyridine rings is 1. The standard InChI is InChI=1S/C12H15F2NO3/c1-4-18-9(16)5-8-6-15-7(2)10(12(13)14)11(8)17-3/h6,12H,4-5H2,1-3H3. The van der Waals surface area contributed by atoms with Gasteiger partial charge in [-0.3, -0.25) is 9.78 Å². The average Bonchev–Trinajstić information content (AvgIpc) is 2.30. The molecule has 1 heterocycles. The van der Waals surface area contributed by atoms with Crippen molar-refractivity contribution in [1.82, 2.24) is 4.98 Å². The highest BCUT2D eigenvalue weighted by Gasteiger charge is 2.22. The van der Waals surface area contributed by atoms with E-state index in [0.29, 0.717) is 5.56 Å². The highest BCUT2D eigenvalue weighted by Crippen LogP contribution is 2.33. The lowest BCUT2D eigenvalue weighted by atomic mass is 10.1. The Bertz CT molecular complexity index is 436. The number of halogens is 2. The fourth-order valence-corrected chi connectivity index (χ4v) is 1.63. The van der Waals surface area contributed by atoms with Gasteiger partial charge in [-0.25, -0.2) is 8.78 Å². The molecule has 0 aliphatic carbocycles. The van der Waals surface area contributed by atoms with E-state index < -0.39 is 12.4 Å². The SMILES string of the molecule is CCOC(=O)Cc1cnc(C)c(C(F)F)c1OC. The largest absolute Gasteiger partial charge is 0.496 e. The summed E-state index contributed by atoms with van der Waals surface area (Å²) < 4.78 is 35.5. The van der Waals surface area contributed by atoms with Crippen LogP contribution < -0.4 is 4.74 Å².